The molecule has 2 fully saturated rings. The fourth-order valence-electron chi connectivity index (χ4n) is 2.65. The second-order valence-electron chi connectivity index (χ2n) is 6.21. The predicted octanol–water partition coefficient (Wildman–Crippen LogP) is 1.46. The van der Waals surface area contributed by atoms with Gasteiger partial charge in [0, 0.05) is 0 Å². The largest absolute Gasteiger partial charge is 0.349 e. The molecule has 2 aliphatic rings. The predicted molar refractivity (Wildman–Crippen MR) is 72.6 cm³/mol. The molecule has 0 unspecified atom stereocenters. The van der Waals surface area contributed by atoms with Crippen LogP contribution in [0.25, 0.3) is 0 Å². The lowest BCUT2D eigenvalue weighted by atomic mass is 9.94. The van der Waals surface area contributed by atoms with Crippen molar-refractivity contribution in [1.29, 1.82) is 0 Å². The highest BCUT2D eigenvalue weighted by molar-refractivity contribution is 4.75. The van der Waals surface area contributed by atoms with E-state index in [4.69, 9.17) is 9.47 Å². The van der Waals surface area contributed by atoms with Crippen LogP contribution in [0.4, 0.5) is 0 Å². The number of hydrogen-bond donors (Lipinski definition) is 1. The molecule has 0 aromatic carbocycles. The van der Waals surface area contributed by atoms with Crippen LogP contribution in [0.3, 0.4) is 0 Å². The maximum absolute atomic E-state index is 5.64. The first-order valence-electron chi connectivity index (χ1n) is 7.25. The number of likely N-dealkylation sites (tertiary alicyclic amines) is 1. The van der Waals surface area contributed by atoms with Gasteiger partial charge in [-0.25, -0.2) is 0 Å². The van der Waals surface area contributed by atoms with Crippen molar-refractivity contribution in [1.82, 2.24) is 10.2 Å². The molecule has 2 heterocycles. The number of rotatable bonds is 4. The summed E-state index contributed by atoms with van der Waals surface area (Å²) < 4.78 is 11.3. The summed E-state index contributed by atoms with van der Waals surface area (Å²) in [7, 11) is 2.22. The van der Waals surface area contributed by atoms with E-state index in [-0.39, 0.29) is 0 Å². The Hall–Kier alpha value is -0.160. The molecule has 0 atom stereocenters. The van der Waals surface area contributed by atoms with Gasteiger partial charge in [-0.1, -0.05) is 0 Å². The van der Waals surface area contributed by atoms with E-state index in [2.05, 4.69) is 17.3 Å². The third-order valence-corrected chi connectivity index (χ3v) is 4.09. The molecule has 1 N–H and O–H groups in total. The van der Waals surface area contributed by atoms with E-state index in [1.807, 2.05) is 13.8 Å². The summed E-state index contributed by atoms with van der Waals surface area (Å²) in [5.74, 6) is 0.502. The van der Waals surface area contributed by atoms with Crippen molar-refractivity contribution in [2.75, 3.05) is 39.9 Å². The molecule has 0 bridgehead atoms. The molecule has 18 heavy (non-hydrogen) atoms. The quantitative estimate of drug-likeness (QED) is 0.825. The fraction of sp³-hybridized carbons (Fsp3) is 1.00. The first-order chi connectivity index (χ1) is 8.55. The van der Waals surface area contributed by atoms with E-state index in [0.717, 1.165) is 25.7 Å². The first-order valence-corrected chi connectivity index (χ1v) is 7.25. The summed E-state index contributed by atoms with van der Waals surface area (Å²) in [5.41, 5.74) is 0. The van der Waals surface area contributed by atoms with Crippen molar-refractivity contribution in [2.24, 2.45) is 5.92 Å². The zero-order valence-electron chi connectivity index (χ0n) is 12.1. The zero-order chi connectivity index (χ0) is 13.0. The smallest absolute Gasteiger partial charge is 0.162 e. The Morgan fingerprint density at radius 3 is 2.39 bits per heavy atom. The topological polar surface area (TPSA) is 33.7 Å². The number of ether oxygens (including phenoxy) is 2. The average molecular weight is 256 g/mol. The minimum Gasteiger partial charge on any atom is -0.349 e. The van der Waals surface area contributed by atoms with Crippen LogP contribution in [0.5, 0.6) is 0 Å². The Bertz CT molecular complexity index is 240. The lowest BCUT2D eigenvalue weighted by Gasteiger charge is -2.35. The highest BCUT2D eigenvalue weighted by atomic mass is 16.7. The van der Waals surface area contributed by atoms with Gasteiger partial charge in [0.2, 0.25) is 0 Å². The third kappa shape index (κ3) is 4.50. The van der Waals surface area contributed by atoms with Gasteiger partial charge >= 0.3 is 0 Å². The van der Waals surface area contributed by atoms with Crippen LogP contribution in [0.15, 0.2) is 0 Å². The Morgan fingerprint density at radius 2 is 1.78 bits per heavy atom. The summed E-state index contributed by atoms with van der Waals surface area (Å²) >= 11 is 0. The molecule has 0 aromatic heterocycles. The van der Waals surface area contributed by atoms with Gasteiger partial charge in [-0.05, 0) is 65.7 Å². The van der Waals surface area contributed by atoms with Gasteiger partial charge in [-0.15, -0.1) is 0 Å². The van der Waals surface area contributed by atoms with Crippen LogP contribution in [-0.4, -0.2) is 56.6 Å². The summed E-state index contributed by atoms with van der Waals surface area (Å²) in [4.78, 5) is 2.43. The van der Waals surface area contributed by atoms with Crippen LogP contribution in [0.1, 0.15) is 33.1 Å². The minimum atomic E-state index is -0.397. The normalized spacial score (nSPS) is 27.5. The second-order valence-corrected chi connectivity index (χ2v) is 6.21. The molecule has 0 aromatic rings. The fourth-order valence-corrected chi connectivity index (χ4v) is 2.65. The standard InChI is InChI=1S/C14H28N2O2/c1-14(2)17-10-13(11-18-14)15-7-4-12-5-8-16(3)9-6-12/h12-13,15H,4-11H2,1-3H3. The van der Waals surface area contributed by atoms with E-state index in [9.17, 15) is 0 Å². The van der Waals surface area contributed by atoms with Gasteiger partial charge in [-0.2, -0.15) is 0 Å². The van der Waals surface area contributed by atoms with Crippen molar-refractivity contribution >= 4 is 0 Å². The van der Waals surface area contributed by atoms with E-state index in [0.29, 0.717) is 6.04 Å². The van der Waals surface area contributed by atoms with Crippen molar-refractivity contribution < 1.29 is 9.47 Å². The molecule has 106 valence electrons. The summed E-state index contributed by atoms with van der Waals surface area (Å²) in [6.07, 6.45) is 3.99. The van der Waals surface area contributed by atoms with Gasteiger partial charge in [0.15, 0.2) is 5.79 Å². The first kappa shape index (κ1) is 14.3. The van der Waals surface area contributed by atoms with Crippen molar-refractivity contribution in [3.8, 4) is 0 Å². The Kier molecular flexibility index (Phi) is 5.01. The van der Waals surface area contributed by atoms with Gasteiger partial charge in [-0.3, -0.25) is 0 Å². The molecule has 0 amide bonds. The number of hydrogen-bond acceptors (Lipinski definition) is 4. The van der Waals surface area contributed by atoms with Crippen LogP contribution in [0.2, 0.25) is 0 Å². The molecule has 4 heteroatoms. The van der Waals surface area contributed by atoms with Crippen molar-refractivity contribution in [3.63, 3.8) is 0 Å². The molecular formula is C14H28N2O2. The summed E-state index contributed by atoms with van der Waals surface area (Å²) in [5, 5.41) is 3.55. The highest BCUT2D eigenvalue weighted by Crippen LogP contribution is 2.20. The number of nitrogens with zero attached hydrogens (tertiary/aromatic N) is 1. The lowest BCUT2D eigenvalue weighted by Crippen LogP contribution is -2.49. The number of nitrogens with one attached hydrogen (secondary N) is 1. The summed E-state index contributed by atoms with van der Waals surface area (Å²) in [6, 6.07) is 0.365. The van der Waals surface area contributed by atoms with Gasteiger partial charge in [0.1, 0.15) is 0 Å². The molecule has 2 rings (SSSR count). The maximum atomic E-state index is 5.64. The maximum Gasteiger partial charge on any atom is 0.162 e. The summed E-state index contributed by atoms with van der Waals surface area (Å²) in [6.45, 7) is 9.08. The molecular weight excluding hydrogens is 228 g/mol. The molecule has 0 radical (unpaired) electrons. The molecule has 0 saturated carbocycles. The lowest BCUT2D eigenvalue weighted by molar-refractivity contribution is -0.252. The van der Waals surface area contributed by atoms with E-state index in [1.54, 1.807) is 0 Å². The Labute approximate surface area is 111 Å². The molecule has 4 nitrogen and oxygen atoms in total. The van der Waals surface area contributed by atoms with Crippen LogP contribution < -0.4 is 5.32 Å². The van der Waals surface area contributed by atoms with Gasteiger partial charge < -0.3 is 19.7 Å². The van der Waals surface area contributed by atoms with Gasteiger partial charge in [0.25, 0.3) is 0 Å². The Balaban J connectivity index is 1.56. The average Bonchev–Trinajstić information content (AvgIpc) is 2.34. The Morgan fingerprint density at radius 1 is 1.17 bits per heavy atom. The van der Waals surface area contributed by atoms with Crippen LogP contribution in [0, 0.1) is 5.92 Å². The van der Waals surface area contributed by atoms with E-state index >= 15 is 0 Å². The van der Waals surface area contributed by atoms with E-state index < -0.39 is 5.79 Å². The van der Waals surface area contributed by atoms with Crippen molar-refractivity contribution in [3.05, 3.63) is 0 Å². The SMILES string of the molecule is CN1CCC(CCNC2COC(C)(C)OC2)CC1. The monoisotopic (exact) mass is 256 g/mol. The third-order valence-electron chi connectivity index (χ3n) is 4.09. The van der Waals surface area contributed by atoms with Crippen molar-refractivity contribution in [2.45, 2.75) is 44.9 Å². The highest BCUT2D eigenvalue weighted by Gasteiger charge is 2.28. The zero-order valence-corrected chi connectivity index (χ0v) is 12.1. The van der Waals surface area contributed by atoms with Crippen LogP contribution >= 0.6 is 0 Å². The molecule has 2 aliphatic heterocycles. The molecule has 0 spiro atoms. The van der Waals surface area contributed by atoms with Gasteiger partial charge in [0.05, 0.1) is 19.3 Å². The molecule has 2 saturated heterocycles. The van der Waals surface area contributed by atoms with Crippen LogP contribution in [-0.2, 0) is 9.47 Å². The van der Waals surface area contributed by atoms with E-state index in [1.165, 1.54) is 32.4 Å². The minimum absolute atomic E-state index is 0.365. The second kappa shape index (κ2) is 6.33. The number of piperidine rings is 1. The molecule has 0 aliphatic carbocycles.